The van der Waals surface area contributed by atoms with Crippen molar-refractivity contribution in [3.8, 4) is 28.1 Å². The number of carboxylic acid groups (broad SMARTS) is 1. The third-order valence-electron chi connectivity index (χ3n) is 8.44. The smallest absolute Gasteiger partial charge is 0.337 e. The van der Waals surface area contributed by atoms with Crippen LogP contribution in [0, 0.1) is 18.2 Å². The zero-order valence-electron chi connectivity index (χ0n) is 27.6. The van der Waals surface area contributed by atoms with Crippen LogP contribution in [0.2, 0.25) is 0 Å². The molecular weight excluding hydrogens is 581 g/mol. The van der Waals surface area contributed by atoms with Gasteiger partial charge in [-0.15, -0.1) is 0 Å². The molecule has 7 nitrogen and oxygen atoms in total. The number of hydrogen-bond donors (Lipinski definition) is 1. The highest BCUT2D eigenvalue weighted by atomic mass is 19.1. The number of carbonyl (C=O) groups is 1. The first-order valence-electron chi connectivity index (χ1n) is 15.9. The lowest BCUT2D eigenvalue weighted by Gasteiger charge is -2.41. The van der Waals surface area contributed by atoms with Gasteiger partial charge >= 0.3 is 5.97 Å². The number of aromatic nitrogens is 2. The van der Waals surface area contributed by atoms with Crippen LogP contribution in [0.5, 0.6) is 5.75 Å². The van der Waals surface area contributed by atoms with Crippen LogP contribution in [-0.4, -0.2) is 46.3 Å². The number of carboxylic acids is 1. The number of anilines is 1. The van der Waals surface area contributed by atoms with Crippen LogP contribution in [0.1, 0.15) is 70.4 Å². The van der Waals surface area contributed by atoms with E-state index in [1.165, 1.54) is 12.1 Å². The van der Waals surface area contributed by atoms with E-state index in [-0.39, 0.29) is 11.2 Å². The molecule has 1 aliphatic rings. The first kappa shape index (κ1) is 33.1. The molecule has 1 saturated heterocycles. The number of pyridine rings is 2. The van der Waals surface area contributed by atoms with Gasteiger partial charge in [-0.3, -0.25) is 9.97 Å². The van der Waals surface area contributed by atoms with Gasteiger partial charge in [0.05, 0.1) is 23.6 Å². The summed E-state index contributed by atoms with van der Waals surface area (Å²) in [6.07, 6.45) is 4.89. The molecule has 0 unspecified atom stereocenters. The molecule has 3 heterocycles. The highest BCUT2D eigenvalue weighted by Gasteiger charge is 2.37. The van der Waals surface area contributed by atoms with Gasteiger partial charge in [-0.05, 0) is 93.5 Å². The fourth-order valence-corrected chi connectivity index (χ4v) is 5.91. The average Bonchev–Trinajstić information content (AvgIpc) is 3.01. The van der Waals surface area contributed by atoms with Crippen molar-refractivity contribution in [3.63, 3.8) is 0 Å². The molecule has 1 aliphatic heterocycles. The van der Waals surface area contributed by atoms with Gasteiger partial charge in [0.25, 0.3) is 0 Å². The van der Waals surface area contributed by atoms with Crippen LogP contribution in [0.25, 0.3) is 22.4 Å². The van der Waals surface area contributed by atoms with Crippen LogP contribution in [0.4, 0.5) is 10.1 Å². The second kappa shape index (κ2) is 13.6. The summed E-state index contributed by atoms with van der Waals surface area (Å²) in [6, 6.07) is 18.2. The van der Waals surface area contributed by atoms with E-state index in [2.05, 4.69) is 23.7 Å². The standard InChI is InChI=1S/C38H44FN3O4/c1-25-31(35(36(43)44)46-37(2,3)4)34(42-21-18-38(5,6)19-22-42)32(33(41-25)28-8-7-20-40-24-28)27-11-15-30(16-12-27)45-23-17-26-9-13-29(39)14-10-26/h7-16,20,24,35H,17-19,21-23H2,1-6H3,(H,43,44)/t35-/m0/s1. The third kappa shape index (κ3) is 7.91. The van der Waals surface area contributed by atoms with E-state index < -0.39 is 17.7 Å². The predicted octanol–water partition coefficient (Wildman–Crippen LogP) is 8.45. The van der Waals surface area contributed by atoms with Crippen molar-refractivity contribution in [2.45, 2.75) is 72.5 Å². The maximum absolute atomic E-state index is 13.3. The number of rotatable bonds is 10. The predicted molar refractivity (Wildman–Crippen MR) is 180 cm³/mol. The fourth-order valence-electron chi connectivity index (χ4n) is 5.91. The number of hydrogen-bond acceptors (Lipinski definition) is 6. The summed E-state index contributed by atoms with van der Waals surface area (Å²) >= 11 is 0. The Morgan fingerprint density at radius 2 is 1.70 bits per heavy atom. The molecule has 0 radical (unpaired) electrons. The highest BCUT2D eigenvalue weighted by molar-refractivity contribution is 5.94. The summed E-state index contributed by atoms with van der Waals surface area (Å²) < 4.78 is 25.6. The van der Waals surface area contributed by atoms with Crippen molar-refractivity contribution in [3.05, 3.63) is 95.7 Å². The summed E-state index contributed by atoms with van der Waals surface area (Å²) in [5.41, 5.74) is 5.81. The van der Waals surface area contributed by atoms with Crippen molar-refractivity contribution in [2.24, 2.45) is 5.41 Å². The van der Waals surface area contributed by atoms with Crippen molar-refractivity contribution in [1.29, 1.82) is 0 Å². The topological polar surface area (TPSA) is 84.8 Å². The van der Waals surface area contributed by atoms with Gasteiger partial charge in [-0.2, -0.15) is 0 Å². The SMILES string of the molecule is Cc1nc(-c2cccnc2)c(-c2ccc(OCCc3ccc(F)cc3)cc2)c(N2CCC(C)(C)CC2)c1[C@H](OC(C)(C)C)C(=O)O. The van der Waals surface area contributed by atoms with Gasteiger partial charge in [0.15, 0.2) is 6.10 Å². The summed E-state index contributed by atoms with van der Waals surface area (Å²) in [5, 5.41) is 10.6. The number of piperidine rings is 1. The van der Waals surface area contributed by atoms with Gasteiger partial charge in [-0.25, -0.2) is 9.18 Å². The van der Waals surface area contributed by atoms with E-state index in [1.807, 2.05) is 64.1 Å². The lowest BCUT2D eigenvalue weighted by Crippen LogP contribution is -2.39. The van der Waals surface area contributed by atoms with Gasteiger partial charge in [-0.1, -0.05) is 38.1 Å². The van der Waals surface area contributed by atoms with Crippen LogP contribution < -0.4 is 9.64 Å². The fraction of sp³-hybridized carbons (Fsp3) is 0.395. The van der Waals surface area contributed by atoms with Crippen molar-refractivity contribution >= 4 is 11.7 Å². The van der Waals surface area contributed by atoms with Crippen LogP contribution in [0.15, 0.2) is 73.1 Å². The van der Waals surface area contributed by atoms with Gasteiger partial charge < -0.3 is 19.5 Å². The monoisotopic (exact) mass is 625 g/mol. The van der Waals surface area contributed by atoms with Crippen molar-refractivity contribution < 1.29 is 23.8 Å². The van der Waals surface area contributed by atoms with Crippen LogP contribution in [-0.2, 0) is 16.0 Å². The number of aliphatic carboxylic acids is 1. The van der Waals surface area contributed by atoms with Gasteiger partial charge in [0.1, 0.15) is 11.6 Å². The first-order valence-corrected chi connectivity index (χ1v) is 15.9. The lowest BCUT2D eigenvalue weighted by molar-refractivity contribution is -0.160. The molecule has 242 valence electrons. The summed E-state index contributed by atoms with van der Waals surface area (Å²) in [4.78, 5) is 24.7. The Morgan fingerprint density at radius 3 is 2.28 bits per heavy atom. The van der Waals surface area contributed by atoms with Gasteiger partial charge in [0.2, 0.25) is 0 Å². The number of halogens is 1. The summed E-state index contributed by atoms with van der Waals surface area (Å²) in [6.45, 7) is 14.0. The highest BCUT2D eigenvalue weighted by Crippen LogP contribution is 2.47. The summed E-state index contributed by atoms with van der Waals surface area (Å²) in [5.74, 6) is -0.606. The quantitative estimate of drug-likeness (QED) is 0.189. The molecule has 1 N–H and O–H groups in total. The Bertz CT molecular complexity index is 1640. The number of aryl methyl sites for hydroxylation is 1. The minimum Gasteiger partial charge on any atom is -0.493 e. The Morgan fingerprint density at radius 1 is 1.02 bits per heavy atom. The molecule has 1 fully saturated rings. The molecule has 0 bridgehead atoms. The van der Waals surface area contributed by atoms with Crippen molar-refractivity contribution in [2.75, 3.05) is 24.6 Å². The molecule has 0 saturated carbocycles. The minimum atomic E-state index is -1.21. The molecule has 0 spiro atoms. The molecule has 2 aromatic heterocycles. The Labute approximate surface area is 271 Å². The molecule has 1 atom stereocenters. The van der Waals surface area contributed by atoms with Crippen molar-refractivity contribution in [1.82, 2.24) is 9.97 Å². The Hall–Kier alpha value is -4.30. The molecule has 4 aromatic rings. The van der Waals surface area contributed by atoms with E-state index in [9.17, 15) is 14.3 Å². The maximum Gasteiger partial charge on any atom is 0.337 e. The van der Waals surface area contributed by atoms with E-state index in [0.717, 1.165) is 59.6 Å². The molecule has 0 aliphatic carbocycles. The van der Waals surface area contributed by atoms with Gasteiger partial charge in [0, 0.05) is 54.3 Å². The number of nitrogens with zero attached hydrogens (tertiary/aromatic N) is 3. The zero-order chi connectivity index (χ0) is 33.1. The number of benzene rings is 2. The zero-order valence-corrected chi connectivity index (χ0v) is 27.6. The second-order valence-corrected chi connectivity index (χ2v) is 13.8. The molecule has 8 heteroatoms. The lowest BCUT2D eigenvalue weighted by atomic mass is 9.81. The van der Waals surface area contributed by atoms with E-state index in [0.29, 0.717) is 30.0 Å². The Kier molecular flexibility index (Phi) is 9.77. The normalized spacial score (nSPS) is 15.4. The van der Waals surface area contributed by atoms with Crippen LogP contribution in [0.3, 0.4) is 0 Å². The second-order valence-electron chi connectivity index (χ2n) is 13.8. The van der Waals surface area contributed by atoms with E-state index in [1.54, 1.807) is 24.5 Å². The maximum atomic E-state index is 13.3. The Balaban J connectivity index is 1.63. The molecular formula is C38H44FN3O4. The molecule has 5 rings (SSSR count). The molecule has 0 amide bonds. The van der Waals surface area contributed by atoms with Crippen LogP contribution >= 0.6 is 0 Å². The van der Waals surface area contributed by atoms with E-state index >= 15 is 0 Å². The van der Waals surface area contributed by atoms with E-state index in [4.69, 9.17) is 14.5 Å². The number of ether oxygens (including phenoxy) is 2. The average molecular weight is 626 g/mol. The third-order valence-corrected chi connectivity index (χ3v) is 8.44. The molecule has 46 heavy (non-hydrogen) atoms. The molecule has 2 aromatic carbocycles. The minimum absolute atomic E-state index is 0.187. The summed E-state index contributed by atoms with van der Waals surface area (Å²) in [7, 11) is 0. The first-order chi connectivity index (χ1) is 21.8. The largest absolute Gasteiger partial charge is 0.493 e.